The lowest BCUT2D eigenvalue weighted by Crippen LogP contribution is -2.27. The fourth-order valence-electron chi connectivity index (χ4n) is 1.70. The highest BCUT2D eigenvalue weighted by atomic mass is 32.2. The summed E-state index contributed by atoms with van der Waals surface area (Å²) in [5.41, 5.74) is 1.38. The number of thiocarbonyl (C=S) groups is 1. The first-order valence-corrected chi connectivity index (χ1v) is 6.71. The van der Waals surface area contributed by atoms with E-state index >= 15 is 0 Å². The lowest BCUT2D eigenvalue weighted by molar-refractivity contribution is -0.113. The molecule has 6 heteroatoms. The minimum atomic E-state index is -0.135. The van der Waals surface area contributed by atoms with Gasteiger partial charge < -0.3 is 4.52 Å². The van der Waals surface area contributed by atoms with Crippen molar-refractivity contribution in [3.63, 3.8) is 0 Å². The third-order valence-electron chi connectivity index (χ3n) is 2.54. The number of carbonyl (C=O) groups excluding carboxylic acids is 1. The zero-order chi connectivity index (χ0) is 13.2. The topological polar surface area (TPSA) is 46.3 Å². The molecule has 4 nitrogen and oxygen atoms in total. The van der Waals surface area contributed by atoms with Gasteiger partial charge in [0.05, 0.1) is 10.6 Å². The molecular weight excluding hydrogens is 280 g/mol. The Labute approximate surface area is 119 Å². The van der Waals surface area contributed by atoms with E-state index in [-0.39, 0.29) is 5.91 Å². The maximum absolute atomic E-state index is 12.3. The second-order valence-corrected chi connectivity index (χ2v) is 5.45. The van der Waals surface area contributed by atoms with Crippen LogP contribution in [-0.2, 0) is 4.79 Å². The van der Waals surface area contributed by atoms with E-state index in [9.17, 15) is 4.79 Å². The normalized spacial score (nSPS) is 17.5. The van der Waals surface area contributed by atoms with Crippen molar-refractivity contribution in [1.29, 1.82) is 0 Å². The zero-order valence-corrected chi connectivity index (χ0v) is 11.3. The van der Waals surface area contributed by atoms with Gasteiger partial charge in [0.25, 0.3) is 5.91 Å². The van der Waals surface area contributed by atoms with Crippen molar-refractivity contribution >= 4 is 46.0 Å². The van der Waals surface area contributed by atoms with E-state index in [0.29, 0.717) is 14.9 Å². The first kappa shape index (κ1) is 12.1. The molecule has 0 saturated carbocycles. The monoisotopic (exact) mass is 288 g/mol. The van der Waals surface area contributed by atoms with Gasteiger partial charge in [-0.05, 0) is 18.2 Å². The number of hydrogen-bond donors (Lipinski definition) is 0. The van der Waals surface area contributed by atoms with Crippen LogP contribution in [0.5, 0.6) is 0 Å². The Balaban J connectivity index is 1.94. The Hall–Kier alpha value is -1.92. The SMILES string of the molecule is O=C1/C(=C\c2ccon2)SC(=S)N1c1ccccc1. The van der Waals surface area contributed by atoms with Crippen LogP contribution in [0, 0.1) is 0 Å². The Bertz CT molecular complexity index is 651. The van der Waals surface area contributed by atoms with Crippen LogP contribution < -0.4 is 4.90 Å². The average molecular weight is 288 g/mol. The molecule has 0 N–H and O–H groups in total. The van der Waals surface area contributed by atoms with Crippen LogP contribution in [0.25, 0.3) is 6.08 Å². The quantitative estimate of drug-likeness (QED) is 0.628. The summed E-state index contributed by atoms with van der Waals surface area (Å²) in [5.74, 6) is -0.135. The van der Waals surface area contributed by atoms with Crippen molar-refractivity contribution in [2.24, 2.45) is 0 Å². The molecule has 1 saturated heterocycles. The molecule has 0 spiro atoms. The highest BCUT2D eigenvalue weighted by Crippen LogP contribution is 2.35. The largest absolute Gasteiger partial charge is 0.364 e. The number of nitrogens with zero attached hydrogens (tertiary/aromatic N) is 2. The Kier molecular flexibility index (Phi) is 3.18. The molecule has 2 aromatic rings. The molecule has 1 aliphatic rings. The van der Waals surface area contributed by atoms with Crippen molar-refractivity contribution < 1.29 is 9.32 Å². The van der Waals surface area contributed by atoms with Gasteiger partial charge >= 0.3 is 0 Å². The molecule has 19 heavy (non-hydrogen) atoms. The first-order valence-electron chi connectivity index (χ1n) is 5.49. The molecule has 0 bridgehead atoms. The fourth-order valence-corrected chi connectivity index (χ4v) is 2.98. The van der Waals surface area contributed by atoms with Gasteiger partial charge in [0.2, 0.25) is 0 Å². The summed E-state index contributed by atoms with van der Waals surface area (Å²) in [5, 5.41) is 3.76. The van der Waals surface area contributed by atoms with Crippen LogP contribution in [0.4, 0.5) is 5.69 Å². The highest BCUT2D eigenvalue weighted by Gasteiger charge is 2.33. The van der Waals surface area contributed by atoms with Crippen molar-refractivity contribution in [3.8, 4) is 0 Å². The number of carbonyl (C=O) groups is 1. The smallest absolute Gasteiger partial charge is 0.270 e. The summed E-state index contributed by atoms with van der Waals surface area (Å²) in [6.07, 6.45) is 3.13. The maximum atomic E-state index is 12.3. The number of rotatable bonds is 2. The van der Waals surface area contributed by atoms with Crippen molar-refractivity contribution in [2.45, 2.75) is 0 Å². The average Bonchev–Trinajstić information content (AvgIpc) is 3.01. The number of thioether (sulfide) groups is 1. The number of amides is 1. The number of anilines is 1. The molecule has 1 amide bonds. The molecule has 1 aromatic carbocycles. The standard InChI is InChI=1S/C13H8N2O2S2/c16-12-11(8-9-6-7-17-14-9)19-13(18)15(12)10-4-2-1-3-5-10/h1-8H/b11-8+. The molecule has 1 aliphatic heterocycles. The van der Waals surface area contributed by atoms with Crippen LogP contribution in [0.2, 0.25) is 0 Å². The van der Waals surface area contributed by atoms with E-state index in [1.54, 1.807) is 12.1 Å². The number of aromatic nitrogens is 1. The van der Waals surface area contributed by atoms with Crippen LogP contribution >= 0.6 is 24.0 Å². The van der Waals surface area contributed by atoms with E-state index in [1.807, 2.05) is 30.3 Å². The predicted octanol–water partition coefficient (Wildman–Crippen LogP) is 3.08. The third-order valence-corrected chi connectivity index (χ3v) is 3.85. The molecule has 2 heterocycles. The Morgan fingerprint density at radius 2 is 2.05 bits per heavy atom. The molecule has 0 aliphatic carbocycles. The number of hydrogen-bond acceptors (Lipinski definition) is 5. The van der Waals surface area contributed by atoms with E-state index in [2.05, 4.69) is 5.16 Å². The van der Waals surface area contributed by atoms with Gasteiger partial charge in [-0.25, -0.2) is 0 Å². The van der Waals surface area contributed by atoms with E-state index in [1.165, 1.54) is 22.9 Å². The molecule has 94 valence electrons. The second kappa shape index (κ2) is 4.99. The Morgan fingerprint density at radius 3 is 2.74 bits per heavy atom. The maximum Gasteiger partial charge on any atom is 0.270 e. The molecule has 0 unspecified atom stereocenters. The minimum Gasteiger partial charge on any atom is -0.364 e. The Morgan fingerprint density at radius 1 is 1.26 bits per heavy atom. The fraction of sp³-hybridized carbons (Fsp3) is 0. The summed E-state index contributed by atoms with van der Waals surface area (Å²) < 4.78 is 5.26. The van der Waals surface area contributed by atoms with Gasteiger partial charge in [-0.2, -0.15) is 0 Å². The highest BCUT2D eigenvalue weighted by molar-refractivity contribution is 8.27. The van der Waals surface area contributed by atoms with Crippen LogP contribution in [0.3, 0.4) is 0 Å². The summed E-state index contributed by atoms with van der Waals surface area (Å²) in [6.45, 7) is 0. The van der Waals surface area contributed by atoms with Gasteiger partial charge in [-0.1, -0.05) is 47.3 Å². The van der Waals surface area contributed by atoms with Crippen molar-refractivity contribution in [2.75, 3.05) is 4.90 Å². The van der Waals surface area contributed by atoms with Gasteiger partial charge in [0, 0.05) is 6.07 Å². The van der Waals surface area contributed by atoms with Gasteiger partial charge in [-0.15, -0.1) is 0 Å². The van der Waals surface area contributed by atoms with Gasteiger partial charge in [-0.3, -0.25) is 9.69 Å². The lowest BCUT2D eigenvalue weighted by Gasteiger charge is -2.13. The summed E-state index contributed by atoms with van der Waals surface area (Å²) in [4.78, 5) is 14.4. The molecule has 1 fully saturated rings. The van der Waals surface area contributed by atoms with Gasteiger partial charge in [0.15, 0.2) is 4.32 Å². The van der Waals surface area contributed by atoms with Crippen LogP contribution in [0.15, 0.2) is 52.1 Å². The number of para-hydroxylation sites is 1. The zero-order valence-electron chi connectivity index (χ0n) is 9.65. The molecule has 1 aromatic heterocycles. The van der Waals surface area contributed by atoms with E-state index in [4.69, 9.17) is 16.7 Å². The van der Waals surface area contributed by atoms with Crippen molar-refractivity contribution in [3.05, 3.63) is 53.3 Å². The third kappa shape index (κ3) is 2.32. The summed E-state index contributed by atoms with van der Waals surface area (Å²) in [7, 11) is 0. The first-order chi connectivity index (χ1) is 9.25. The molecule has 3 rings (SSSR count). The van der Waals surface area contributed by atoms with Crippen LogP contribution in [0.1, 0.15) is 5.69 Å². The minimum absolute atomic E-state index is 0.135. The lowest BCUT2D eigenvalue weighted by atomic mass is 10.3. The number of benzene rings is 1. The molecule has 0 atom stereocenters. The van der Waals surface area contributed by atoms with E-state index in [0.717, 1.165) is 5.69 Å². The predicted molar refractivity (Wildman–Crippen MR) is 78.6 cm³/mol. The molecule has 0 radical (unpaired) electrons. The van der Waals surface area contributed by atoms with E-state index < -0.39 is 0 Å². The van der Waals surface area contributed by atoms with Crippen molar-refractivity contribution in [1.82, 2.24) is 5.16 Å². The van der Waals surface area contributed by atoms with Gasteiger partial charge in [0.1, 0.15) is 12.0 Å². The second-order valence-electron chi connectivity index (χ2n) is 3.78. The molecular formula is C13H8N2O2S2. The van der Waals surface area contributed by atoms with Crippen LogP contribution in [-0.4, -0.2) is 15.4 Å². The summed E-state index contributed by atoms with van der Waals surface area (Å²) in [6, 6.07) is 11.0. The summed E-state index contributed by atoms with van der Waals surface area (Å²) >= 11 is 6.52.